The standard InChI is InChI=1S/C17H27N3O2/c1-3-21-14-10-13(17(14)8-4-5-9-17)20(2)11-15-18-16(19-22-15)12-6-7-12/h12-14H,3-11H2,1-2H3/t13-,14-/m0/s1. The van der Waals surface area contributed by atoms with E-state index in [4.69, 9.17) is 9.26 Å². The van der Waals surface area contributed by atoms with E-state index in [1.807, 2.05) is 0 Å². The molecule has 0 aliphatic heterocycles. The van der Waals surface area contributed by atoms with E-state index in [0.29, 0.717) is 23.5 Å². The molecule has 1 spiro atoms. The maximum Gasteiger partial charge on any atom is 0.240 e. The van der Waals surface area contributed by atoms with Crippen LogP contribution in [-0.2, 0) is 11.3 Å². The van der Waals surface area contributed by atoms with Crippen LogP contribution in [0.4, 0.5) is 0 Å². The van der Waals surface area contributed by atoms with Gasteiger partial charge in [0.2, 0.25) is 5.89 Å². The largest absolute Gasteiger partial charge is 0.378 e. The minimum atomic E-state index is 0.379. The molecule has 0 saturated heterocycles. The number of hydrogen-bond donors (Lipinski definition) is 0. The Balaban J connectivity index is 1.42. The van der Waals surface area contributed by atoms with E-state index < -0.39 is 0 Å². The molecule has 3 saturated carbocycles. The summed E-state index contributed by atoms with van der Waals surface area (Å²) in [5.74, 6) is 2.26. The summed E-state index contributed by atoms with van der Waals surface area (Å²) < 4.78 is 11.5. The normalized spacial score (nSPS) is 30.1. The SMILES string of the molecule is CCO[C@H]1C[C@H](N(C)Cc2nc(C3CC3)no2)C12CCCC2. The zero-order valence-corrected chi connectivity index (χ0v) is 13.8. The fourth-order valence-electron chi connectivity index (χ4n) is 4.63. The summed E-state index contributed by atoms with van der Waals surface area (Å²) in [5, 5.41) is 4.13. The van der Waals surface area contributed by atoms with Gasteiger partial charge in [-0.2, -0.15) is 4.98 Å². The lowest BCUT2D eigenvalue weighted by molar-refractivity contribution is -0.163. The molecule has 0 radical (unpaired) electrons. The van der Waals surface area contributed by atoms with Crippen molar-refractivity contribution in [2.24, 2.45) is 5.41 Å². The van der Waals surface area contributed by atoms with Gasteiger partial charge < -0.3 is 9.26 Å². The molecule has 122 valence electrons. The van der Waals surface area contributed by atoms with Crippen molar-refractivity contribution in [1.82, 2.24) is 15.0 Å². The van der Waals surface area contributed by atoms with Gasteiger partial charge in [0.15, 0.2) is 5.82 Å². The molecule has 0 unspecified atom stereocenters. The van der Waals surface area contributed by atoms with Crippen molar-refractivity contribution in [1.29, 1.82) is 0 Å². The summed E-state index contributed by atoms with van der Waals surface area (Å²) >= 11 is 0. The Morgan fingerprint density at radius 1 is 1.32 bits per heavy atom. The van der Waals surface area contributed by atoms with Crippen molar-refractivity contribution < 1.29 is 9.26 Å². The van der Waals surface area contributed by atoms with Crippen LogP contribution >= 0.6 is 0 Å². The number of nitrogens with zero attached hydrogens (tertiary/aromatic N) is 3. The molecule has 0 aromatic carbocycles. The van der Waals surface area contributed by atoms with Crippen LogP contribution in [0.25, 0.3) is 0 Å². The van der Waals surface area contributed by atoms with Gasteiger partial charge >= 0.3 is 0 Å². The van der Waals surface area contributed by atoms with Crippen LogP contribution in [0.5, 0.6) is 0 Å². The van der Waals surface area contributed by atoms with Gasteiger partial charge in [0.05, 0.1) is 12.6 Å². The second-order valence-electron chi connectivity index (χ2n) is 7.37. The van der Waals surface area contributed by atoms with Crippen molar-refractivity contribution in [3.63, 3.8) is 0 Å². The molecule has 3 aliphatic rings. The quantitative estimate of drug-likeness (QED) is 0.808. The second-order valence-corrected chi connectivity index (χ2v) is 7.37. The summed E-state index contributed by atoms with van der Waals surface area (Å²) in [4.78, 5) is 6.99. The van der Waals surface area contributed by atoms with Gasteiger partial charge in [-0.15, -0.1) is 0 Å². The highest BCUT2D eigenvalue weighted by Crippen LogP contribution is 2.56. The van der Waals surface area contributed by atoms with Crippen molar-refractivity contribution in [2.75, 3.05) is 13.7 Å². The molecule has 5 heteroatoms. The van der Waals surface area contributed by atoms with E-state index in [1.54, 1.807) is 0 Å². The highest BCUT2D eigenvalue weighted by Gasteiger charge is 2.57. The lowest BCUT2D eigenvalue weighted by Crippen LogP contribution is -2.62. The molecular formula is C17H27N3O2. The molecule has 0 N–H and O–H groups in total. The zero-order valence-electron chi connectivity index (χ0n) is 13.8. The Morgan fingerprint density at radius 3 is 2.77 bits per heavy atom. The maximum absolute atomic E-state index is 6.01. The Labute approximate surface area is 132 Å². The Bertz CT molecular complexity index is 520. The van der Waals surface area contributed by atoms with Crippen LogP contribution in [0.2, 0.25) is 0 Å². The fourth-order valence-corrected chi connectivity index (χ4v) is 4.63. The average molecular weight is 305 g/mol. The van der Waals surface area contributed by atoms with Crippen LogP contribution in [0, 0.1) is 5.41 Å². The van der Waals surface area contributed by atoms with Crippen LogP contribution in [-0.4, -0.2) is 40.8 Å². The molecule has 2 atom stereocenters. The number of rotatable bonds is 6. The monoisotopic (exact) mass is 305 g/mol. The predicted molar refractivity (Wildman–Crippen MR) is 82.5 cm³/mol. The molecule has 3 aliphatic carbocycles. The average Bonchev–Trinajstić information content (AvgIpc) is 3.02. The summed E-state index contributed by atoms with van der Waals surface area (Å²) in [6.07, 6.45) is 9.35. The van der Waals surface area contributed by atoms with E-state index in [2.05, 4.69) is 29.0 Å². The lowest BCUT2D eigenvalue weighted by atomic mass is 9.60. The van der Waals surface area contributed by atoms with Crippen molar-refractivity contribution >= 4 is 0 Å². The summed E-state index contributed by atoms with van der Waals surface area (Å²) in [6.45, 7) is 3.71. The Hall–Kier alpha value is -0.940. The summed E-state index contributed by atoms with van der Waals surface area (Å²) in [5.41, 5.74) is 0.379. The number of aromatic nitrogens is 2. The third kappa shape index (κ3) is 2.38. The molecule has 1 heterocycles. The van der Waals surface area contributed by atoms with Crippen LogP contribution in [0.3, 0.4) is 0 Å². The fraction of sp³-hybridized carbons (Fsp3) is 0.882. The van der Waals surface area contributed by atoms with Crippen LogP contribution in [0.1, 0.15) is 69.5 Å². The molecule has 4 rings (SSSR count). The number of hydrogen-bond acceptors (Lipinski definition) is 5. The lowest BCUT2D eigenvalue weighted by Gasteiger charge is -2.57. The van der Waals surface area contributed by atoms with E-state index in [-0.39, 0.29) is 0 Å². The third-order valence-corrected chi connectivity index (χ3v) is 5.99. The molecule has 22 heavy (non-hydrogen) atoms. The van der Waals surface area contributed by atoms with Crippen molar-refractivity contribution in [2.45, 2.75) is 76.5 Å². The molecule has 5 nitrogen and oxygen atoms in total. The van der Waals surface area contributed by atoms with Gasteiger partial charge in [-0.25, -0.2) is 0 Å². The highest BCUT2D eigenvalue weighted by molar-refractivity contribution is 5.11. The summed E-state index contributed by atoms with van der Waals surface area (Å²) in [6, 6.07) is 0.600. The molecule has 0 amide bonds. The smallest absolute Gasteiger partial charge is 0.240 e. The van der Waals surface area contributed by atoms with E-state index in [9.17, 15) is 0 Å². The second kappa shape index (κ2) is 5.60. The first kappa shape index (κ1) is 14.6. The van der Waals surface area contributed by atoms with Gasteiger partial charge in [0, 0.05) is 24.0 Å². The van der Waals surface area contributed by atoms with Crippen LogP contribution in [0.15, 0.2) is 4.52 Å². The predicted octanol–water partition coefficient (Wildman–Crippen LogP) is 3.12. The first-order valence-electron chi connectivity index (χ1n) is 8.87. The number of ether oxygens (including phenoxy) is 1. The van der Waals surface area contributed by atoms with E-state index in [1.165, 1.54) is 38.5 Å². The van der Waals surface area contributed by atoms with E-state index in [0.717, 1.165) is 31.3 Å². The van der Waals surface area contributed by atoms with Gasteiger partial charge in [-0.3, -0.25) is 4.90 Å². The van der Waals surface area contributed by atoms with Gasteiger partial charge in [-0.05, 0) is 46.1 Å². The minimum absolute atomic E-state index is 0.379. The van der Waals surface area contributed by atoms with Gasteiger partial charge in [-0.1, -0.05) is 18.0 Å². The third-order valence-electron chi connectivity index (χ3n) is 5.99. The molecular weight excluding hydrogens is 278 g/mol. The topological polar surface area (TPSA) is 51.4 Å². The maximum atomic E-state index is 6.01. The van der Waals surface area contributed by atoms with E-state index >= 15 is 0 Å². The minimum Gasteiger partial charge on any atom is -0.378 e. The van der Waals surface area contributed by atoms with Gasteiger partial charge in [0.1, 0.15) is 0 Å². The highest BCUT2D eigenvalue weighted by atomic mass is 16.5. The van der Waals surface area contributed by atoms with Crippen LogP contribution < -0.4 is 0 Å². The summed E-state index contributed by atoms with van der Waals surface area (Å²) in [7, 11) is 2.20. The Morgan fingerprint density at radius 2 is 2.09 bits per heavy atom. The molecule has 1 aromatic heterocycles. The molecule has 3 fully saturated rings. The van der Waals surface area contributed by atoms with Gasteiger partial charge in [0.25, 0.3) is 0 Å². The first-order chi connectivity index (χ1) is 10.7. The molecule has 1 aromatic rings. The van der Waals surface area contributed by atoms with Crippen molar-refractivity contribution in [3.8, 4) is 0 Å². The first-order valence-corrected chi connectivity index (χ1v) is 8.87. The Kier molecular flexibility index (Phi) is 3.73. The zero-order chi connectivity index (χ0) is 15.2. The molecule has 0 bridgehead atoms. The van der Waals surface area contributed by atoms with Crippen molar-refractivity contribution in [3.05, 3.63) is 11.7 Å².